The molecule has 1 aliphatic carbocycles. The maximum absolute atomic E-state index is 6.34. The highest BCUT2D eigenvalue weighted by Crippen LogP contribution is 2.48. The third kappa shape index (κ3) is 4.05. The molecule has 0 N–H and O–H groups in total. The van der Waals surface area contributed by atoms with Crippen molar-refractivity contribution in [3.8, 4) is 11.5 Å². The average Bonchev–Trinajstić information content (AvgIpc) is 3.17. The minimum atomic E-state index is 0.595. The van der Waals surface area contributed by atoms with Crippen LogP contribution in [-0.2, 0) is 12.8 Å². The van der Waals surface area contributed by atoms with E-state index in [1.807, 2.05) is 0 Å². The fourth-order valence-electron chi connectivity index (χ4n) is 5.03. The highest BCUT2D eigenvalue weighted by molar-refractivity contribution is 5.53. The number of nitrogens with zero attached hydrogens (tertiary/aromatic N) is 1. The summed E-state index contributed by atoms with van der Waals surface area (Å²) < 4.78 is 12.0. The summed E-state index contributed by atoms with van der Waals surface area (Å²) in [5, 5.41) is 0. The topological polar surface area (TPSA) is 21.7 Å². The monoisotopic (exact) mass is 379 g/mol. The van der Waals surface area contributed by atoms with Crippen LogP contribution in [0.2, 0.25) is 0 Å². The number of hydrogen-bond donors (Lipinski definition) is 0. The molecule has 0 radical (unpaired) electrons. The van der Waals surface area contributed by atoms with E-state index in [2.05, 4.69) is 54.3 Å². The Labute approximate surface area is 169 Å². The quantitative estimate of drug-likeness (QED) is 0.597. The largest absolute Gasteiger partial charge is 0.496 e. The van der Waals surface area contributed by atoms with Gasteiger partial charge in [0, 0.05) is 30.1 Å². The van der Waals surface area contributed by atoms with Gasteiger partial charge in [0.15, 0.2) is 0 Å². The van der Waals surface area contributed by atoms with Crippen LogP contribution in [0, 0.1) is 5.92 Å². The number of benzene rings is 2. The second-order valence-electron chi connectivity index (χ2n) is 8.21. The standard InChI is InChI=1S/C25H33NO2/c1-3-26-17-20-12-13-21-23(27-2)14-15-24(25(21)22(20)18-26)28-16-8-7-11-19-9-5-4-6-10-19/h4-6,9-10,14-15,20,22H,3,7-8,11-13,16-18H2,1-2H3. The van der Waals surface area contributed by atoms with E-state index in [1.54, 1.807) is 7.11 Å². The number of methoxy groups -OCH3 is 1. The van der Waals surface area contributed by atoms with Gasteiger partial charge in [-0.1, -0.05) is 37.3 Å². The predicted octanol–water partition coefficient (Wildman–Crippen LogP) is 5.08. The van der Waals surface area contributed by atoms with E-state index < -0.39 is 0 Å². The molecule has 3 nitrogen and oxygen atoms in total. The van der Waals surface area contributed by atoms with Gasteiger partial charge in [-0.2, -0.15) is 0 Å². The molecule has 0 amide bonds. The number of likely N-dealkylation sites (tertiary alicyclic amines) is 1. The lowest BCUT2D eigenvalue weighted by Crippen LogP contribution is -2.21. The Bertz CT molecular complexity index is 774. The van der Waals surface area contributed by atoms with Crippen LogP contribution in [0.3, 0.4) is 0 Å². The summed E-state index contributed by atoms with van der Waals surface area (Å²) in [6.45, 7) is 6.59. The number of aryl methyl sites for hydroxylation is 1. The normalized spacial score (nSPS) is 21.2. The van der Waals surface area contributed by atoms with Gasteiger partial charge >= 0.3 is 0 Å². The first-order valence-corrected chi connectivity index (χ1v) is 10.9. The Hall–Kier alpha value is -2.00. The summed E-state index contributed by atoms with van der Waals surface area (Å²) in [6.07, 6.45) is 5.76. The minimum Gasteiger partial charge on any atom is -0.496 e. The van der Waals surface area contributed by atoms with E-state index in [9.17, 15) is 0 Å². The van der Waals surface area contributed by atoms with Gasteiger partial charge in [-0.3, -0.25) is 0 Å². The molecule has 28 heavy (non-hydrogen) atoms. The molecule has 2 aliphatic rings. The number of hydrogen-bond acceptors (Lipinski definition) is 3. The second-order valence-corrected chi connectivity index (χ2v) is 8.21. The lowest BCUT2D eigenvalue weighted by Gasteiger charge is -2.30. The zero-order valence-corrected chi connectivity index (χ0v) is 17.3. The molecule has 2 aromatic rings. The van der Waals surface area contributed by atoms with E-state index in [4.69, 9.17) is 9.47 Å². The molecule has 150 valence electrons. The van der Waals surface area contributed by atoms with Crippen molar-refractivity contribution in [2.45, 2.75) is 44.9 Å². The molecule has 0 aromatic heterocycles. The Morgan fingerprint density at radius 3 is 2.61 bits per heavy atom. The molecule has 0 spiro atoms. The van der Waals surface area contributed by atoms with Crippen LogP contribution in [0.4, 0.5) is 0 Å². The van der Waals surface area contributed by atoms with Crippen LogP contribution >= 0.6 is 0 Å². The number of rotatable bonds is 8. The van der Waals surface area contributed by atoms with Gasteiger partial charge in [-0.05, 0) is 62.3 Å². The van der Waals surface area contributed by atoms with Crippen molar-refractivity contribution >= 4 is 0 Å². The van der Waals surface area contributed by atoms with Gasteiger partial charge < -0.3 is 14.4 Å². The van der Waals surface area contributed by atoms with Gasteiger partial charge in [-0.15, -0.1) is 0 Å². The Balaban J connectivity index is 1.43. The molecule has 4 rings (SSSR count). The molecule has 0 bridgehead atoms. The van der Waals surface area contributed by atoms with Crippen LogP contribution in [0.15, 0.2) is 42.5 Å². The molecule has 3 heteroatoms. The molecule has 1 heterocycles. The zero-order chi connectivity index (χ0) is 19.3. The number of fused-ring (bicyclic) bond motifs is 3. The molecule has 1 aliphatic heterocycles. The van der Waals surface area contributed by atoms with Crippen molar-refractivity contribution in [3.05, 3.63) is 59.2 Å². The van der Waals surface area contributed by atoms with E-state index in [1.165, 1.54) is 29.7 Å². The third-order valence-electron chi connectivity index (χ3n) is 6.55. The van der Waals surface area contributed by atoms with Crippen molar-refractivity contribution in [1.29, 1.82) is 0 Å². The molecule has 1 fully saturated rings. The van der Waals surface area contributed by atoms with Crippen LogP contribution in [-0.4, -0.2) is 38.3 Å². The highest BCUT2D eigenvalue weighted by atomic mass is 16.5. The Kier molecular flexibility index (Phi) is 6.21. The second kappa shape index (κ2) is 9.00. The van der Waals surface area contributed by atoms with Crippen molar-refractivity contribution < 1.29 is 9.47 Å². The average molecular weight is 380 g/mol. The lowest BCUT2D eigenvalue weighted by molar-refractivity contribution is 0.294. The molecule has 0 saturated carbocycles. The van der Waals surface area contributed by atoms with Gasteiger partial charge in [0.05, 0.1) is 13.7 Å². The maximum atomic E-state index is 6.34. The smallest absolute Gasteiger partial charge is 0.123 e. The molecule has 2 aromatic carbocycles. The lowest BCUT2D eigenvalue weighted by atomic mass is 9.76. The molecule has 2 unspecified atom stereocenters. The van der Waals surface area contributed by atoms with Crippen molar-refractivity contribution in [2.75, 3.05) is 33.4 Å². The summed E-state index contributed by atoms with van der Waals surface area (Å²) in [5.41, 5.74) is 4.25. The summed E-state index contributed by atoms with van der Waals surface area (Å²) in [5.74, 6) is 3.50. The molecule has 2 atom stereocenters. The number of likely N-dealkylation sites (N-methyl/N-ethyl adjacent to an activating group) is 1. The fourth-order valence-corrected chi connectivity index (χ4v) is 5.03. The first-order chi connectivity index (χ1) is 13.8. The number of ether oxygens (including phenoxy) is 2. The van der Waals surface area contributed by atoms with Crippen molar-refractivity contribution in [2.24, 2.45) is 5.92 Å². The van der Waals surface area contributed by atoms with Gasteiger partial charge in [0.1, 0.15) is 11.5 Å². The predicted molar refractivity (Wildman–Crippen MR) is 115 cm³/mol. The minimum absolute atomic E-state index is 0.595. The van der Waals surface area contributed by atoms with E-state index in [-0.39, 0.29) is 0 Å². The highest BCUT2D eigenvalue weighted by Gasteiger charge is 2.39. The van der Waals surface area contributed by atoms with E-state index in [0.29, 0.717) is 5.92 Å². The molecule has 1 saturated heterocycles. The first kappa shape index (κ1) is 19.3. The molecular formula is C25H33NO2. The summed E-state index contributed by atoms with van der Waals surface area (Å²) >= 11 is 0. The summed E-state index contributed by atoms with van der Waals surface area (Å²) in [6, 6.07) is 15.0. The number of unbranched alkanes of at least 4 members (excludes halogenated alkanes) is 1. The van der Waals surface area contributed by atoms with Gasteiger partial charge in [0.2, 0.25) is 0 Å². The van der Waals surface area contributed by atoms with Crippen LogP contribution in [0.5, 0.6) is 11.5 Å². The third-order valence-corrected chi connectivity index (χ3v) is 6.55. The summed E-state index contributed by atoms with van der Waals surface area (Å²) in [4.78, 5) is 2.59. The Morgan fingerprint density at radius 2 is 1.82 bits per heavy atom. The first-order valence-electron chi connectivity index (χ1n) is 10.9. The fraction of sp³-hybridized carbons (Fsp3) is 0.520. The zero-order valence-electron chi connectivity index (χ0n) is 17.3. The maximum Gasteiger partial charge on any atom is 0.123 e. The molecular weight excluding hydrogens is 346 g/mol. The Morgan fingerprint density at radius 1 is 1.00 bits per heavy atom. The van der Waals surface area contributed by atoms with Crippen LogP contribution in [0.25, 0.3) is 0 Å². The van der Waals surface area contributed by atoms with Gasteiger partial charge in [-0.25, -0.2) is 0 Å². The van der Waals surface area contributed by atoms with Gasteiger partial charge in [0.25, 0.3) is 0 Å². The SMILES string of the molecule is CCN1CC2CCc3c(OC)ccc(OCCCCc4ccccc4)c3C2C1. The van der Waals surface area contributed by atoms with E-state index in [0.717, 1.165) is 62.8 Å². The van der Waals surface area contributed by atoms with Crippen molar-refractivity contribution in [3.63, 3.8) is 0 Å². The van der Waals surface area contributed by atoms with Crippen LogP contribution in [0.1, 0.15) is 48.8 Å². The van der Waals surface area contributed by atoms with Crippen LogP contribution < -0.4 is 9.47 Å². The summed E-state index contributed by atoms with van der Waals surface area (Å²) in [7, 11) is 1.79. The van der Waals surface area contributed by atoms with Crippen molar-refractivity contribution in [1.82, 2.24) is 4.90 Å². The van der Waals surface area contributed by atoms with E-state index >= 15 is 0 Å².